The lowest BCUT2D eigenvalue weighted by Gasteiger charge is -2.02. The molecule has 46 valence electrons. The van der Waals surface area contributed by atoms with Gasteiger partial charge < -0.3 is 0 Å². The molecule has 2 nitrogen and oxygen atoms in total. The number of hydrogen-bond acceptors (Lipinski definition) is 1. The Balaban J connectivity index is 2.59. The summed E-state index contributed by atoms with van der Waals surface area (Å²) < 4.78 is 0. The molecule has 1 heterocycles. The highest BCUT2D eigenvalue weighted by atomic mass is 15.2. The molecule has 1 rings (SSSR count). The van der Waals surface area contributed by atoms with Crippen molar-refractivity contribution in [1.29, 1.82) is 0 Å². The van der Waals surface area contributed by atoms with E-state index in [0.717, 1.165) is 0 Å². The quantitative estimate of drug-likeness (QED) is 0.429. The Bertz CT molecular complexity index is 118. The van der Waals surface area contributed by atoms with Crippen LogP contribution >= 0.6 is 0 Å². The maximum atomic E-state index is 4.35. The van der Waals surface area contributed by atoms with Gasteiger partial charge in [0.2, 0.25) is 0 Å². The molecule has 8 heavy (non-hydrogen) atoms. The van der Waals surface area contributed by atoms with Gasteiger partial charge in [-0.15, -0.1) is 0 Å². The Hall–Kier alpha value is -0.370. The van der Waals surface area contributed by atoms with E-state index in [-0.39, 0.29) is 0 Å². The lowest BCUT2D eigenvalue weighted by Crippen LogP contribution is -3.10. The Kier molecular flexibility index (Phi) is 1.34. The molecule has 2 unspecified atom stereocenters. The Morgan fingerprint density at radius 3 is 2.50 bits per heavy atom. The van der Waals surface area contributed by atoms with Crippen molar-refractivity contribution in [2.75, 3.05) is 13.6 Å². The SMILES string of the molecule is CC1=NC(C)C[NH+]1C. The zero-order valence-electron chi connectivity index (χ0n) is 5.73. The number of rotatable bonds is 0. The van der Waals surface area contributed by atoms with Crippen LogP contribution in [0.1, 0.15) is 13.8 Å². The van der Waals surface area contributed by atoms with Crippen molar-refractivity contribution in [2.24, 2.45) is 4.99 Å². The maximum Gasteiger partial charge on any atom is 0.193 e. The maximum absolute atomic E-state index is 4.35. The van der Waals surface area contributed by atoms with Crippen LogP contribution in [0.3, 0.4) is 0 Å². The highest BCUT2D eigenvalue weighted by molar-refractivity contribution is 5.71. The second-order valence-electron chi connectivity index (χ2n) is 2.55. The van der Waals surface area contributed by atoms with Crippen LogP contribution in [0.5, 0.6) is 0 Å². The van der Waals surface area contributed by atoms with E-state index in [1.165, 1.54) is 17.3 Å². The zero-order chi connectivity index (χ0) is 6.15. The van der Waals surface area contributed by atoms with E-state index in [1.807, 2.05) is 0 Å². The summed E-state index contributed by atoms with van der Waals surface area (Å²) >= 11 is 0. The summed E-state index contributed by atoms with van der Waals surface area (Å²) in [4.78, 5) is 5.81. The summed E-state index contributed by atoms with van der Waals surface area (Å²) in [7, 11) is 2.16. The van der Waals surface area contributed by atoms with Crippen LogP contribution in [0, 0.1) is 0 Å². The summed E-state index contributed by atoms with van der Waals surface area (Å²) in [6.07, 6.45) is 0. The lowest BCUT2D eigenvalue weighted by atomic mass is 10.4. The van der Waals surface area contributed by atoms with Crippen molar-refractivity contribution in [2.45, 2.75) is 19.9 Å². The minimum absolute atomic E-state index is 0.551. The van der Waals surface area contributed by atoms with Gasteiger partial charge in [-0.2, -0.15) is 0 Å². The summed E-state index contributed by atoms with van der Waals surface area (Å²) in [6, 6.07) is 0.551. The molecule has 0 fully saturated rings. The molecule has 0 aromatic rings. The predicted octanol–water partition coefficient (Wildman–Crippen LogP) is -0.678. The van der Waals surface area contributed by atoms with Crippen LogP contribution in [0.15, 0.2) is 4.99 Å². The summed E-state index contributed by atoms with van der Waals surface area (Å²) in [5.74, 6) is 1.25. The fraction of sp³-hybridized carbons (Fsp3) is 0.833. The third-order valence-corrected chi connectivity index (χ3v) is 1.63. The Morgan fingerprint density at radius 1 is 1.75 bits per heavy atom. The summed E-state index contributed by atoms with van der Waals surface area (Å²) in [5, 5.41) is 0. The summed E-state index contributed by atoms with van der Waals surface area (Å²) in [5.41, 5.74) is 0. The van der Waals surface area contributed by atoms with Gasteiger partial charge in [0.25, 0.3) is 0 Å². The second kappa shape index (κ2) is 1.86. The average Bonchev–Trinajstić information content (AvgIpc) is 1.85. The van der Waals surface area contributed by atoms with Gasteiger partial charge in [-0.25, -0.2) is 4.99 Å². The minimum atomic E-state index is 0.551. The van der Waals surface area contributed by atoms with Crippen molar-refractivity contribution in [3.05, 3.63) is 0 Å². The van der Waals surface area contributed by atoms with E-state index in [0.29, 0.717) is 6.04 Å². The Labute approximate surface area is 50.2 Å². The molecule has 0 saturated heterocycles. The summed E-state index contributed by atoms with van der Waals surface area (Å²) in [6.45, 7) is 5.41. The van der Waals surface area contributed by atoms with Gasteiger partial charge in [-0.05, 0) is 6.92 Å². The molecule has 0 bridgehead atoms. The fourth-order valence-corrected chi connectivity index (χ4v) is 1.08. The molecule has 1 aliphatic rings. The molecule has 0 amide bonds. The number of nitrogens with one attached hydrogen (secondary N) is 1. The molecule has 0 spiro atoms. The molecule has 1 aliphatic heterocycles. The topological polar surface area (TPSA) is 16.8 Å². The highest BCUT2D eigenvalue weighted by Crippen LogP contribution is 1.88. The number of likely N-dealkylation sites (N-methyl/N-ethyl adjacent to an activating group) is 1. The molecule has 0 aromatic heterocycles. The van der Waals surface area contributed by atoms with Crippen LogP contribution in [-0.4, -0.2) is 25.5 Å². The van der Waals surface area contributed by atoms with Crippen molar-refractivity contribution in [3.8, 4) is 0 Å². The minimum Gasteiger partial charge on any atom is -0.291 e. The smallest absolute Gasteiger partial charge is 0.193 e. The molecule has 0 saturated carbocycles. The van der Waals surface area contributed by atoms with Gasteiger partial charge in [0, 0.05) is 6.92 Å². The predicted molar refractivity (Wildman–Crippen MR) is 34.3 cm³/mol. The first kappa shape index (κ1) is 5.76. The fourth-order valence-electron chi connectivity index (χ4n) is 1.08. The van der Waals surface area contributed by atoms with Gasteiger partial charge in [-0.3, -0.25) is 4.90 Å². The normalized spacial score (nSPS) is 37.6. The molecule has 2 heteroatoms. The van der Waals surface area contributed by atoms with Crippen molar-refractivity contribution in [1.82, 2.24) is 0 Å². The lowest BCUT2D eigenvalue weighted by molar-refractivity contribution is -0.777. The van der Waals surface area contributed by atoms with Crippen LogP contribution in [0.4, 0.5) is 0 Å². The molecule has 2 atom stereocenters. The average molecular weight is 113 g/mol. The van der Waals surface area contributed by atoms with E-state index in [1.54, 1.807) is 0 Å². The molecular weight excluding hydrogens is 100 g/mol. The van der Waals surface area contributed by atoms with Crippen molar-refractivity contribution >= 4 is 5.84 Å². The number of quaternary nitrogens is 1. The van der Waals surface area contributed by atoms with Gasteiger partial charge in [-0.1, -0.05) is 0 Å². The van der Waals surface area contributed by atoms with E-state index in [2.05, 4.69) is 25.9 Å². The largest absolute Gasteiger partial charge is 0.291 e. The van der Waals surface area contributed by atoms with Crippen LogP contribution < -0.4 is 4.90 Å². The first-order valence-electron chi connectivity index (χ1n) is 3.07. The van der Waals surface area contributed by atoms with E-state index < -0.39 is 0 Å². The highest BCUT2D eigenvalue weighted by Gasteiger charge is 2.18. The van der Waals surface area contributed by atoms with E-state index in [9.17, 15) is 0 Å². The number of aliphatic imine (C=N–C) groups is 1. The van der Waals surface area contributed by atoms with E-state index in [4.69, 9.17) is 0 Å². The first-order chi connectivity index (χ1) is 3.70. The molecule has 1 N–H and O–H groups in total. The van der Waals surface area contributed by atoms with Gasteiger partial charge in [0.15, 0.2) is 5.84 Å². The monoisotopic (exact) mass is 113 g/mol. The molecular formula is C6H13N2+. The van der Waals surface area contributed by atoms with Gasteiger partial charge >= 0.3 is 0 Å². The Morgan fingerprint density at radius 2 is 2.38 bits per heavy atom. The van der Waals surface area contributed by atoms with Crippen LogP contribution in [0.2, 0.25) is 0 Å². The number of amidine groups is 1. The van der Waals surface area contributed by atoms with Crippen molar-refractivity contribution in [3.63, 3.8) is 0 Å². The molecule has 0 aromatic carbocycles. The van der Waals surface area contributed by atoms with Crippen LogP contribution in [0.25, 0.3) is 0 Å². The van der Waals surface area contributed by atoms with Gasteiger partial charge in [0.05, 0.1) is 7.05 Å². The third-order valence-electron chi connectivity index (χ3n) is 1.63. The van der Waals surface area contributed by atoms with E-state index >= 15 is 0 Å². The first-order valence-corrected chi connectivity index (χ1v) is 3.07. The zero-order valence-corrected chi connectivity index (χ0v) is 5.73. The van der Waals surface area contributed by atoms with Gasteiger partial charge in [0.1, 0.15) is 12.6 Å². The van der Waals surface area contributed by atoms with Crippen LogP contribution in [-0.2, 0) is 0 Å². The molecule has 0 radical (unpaired) electrons. The second-order valence-corrected chi connectivity index (χ2v) is 2.55. The number of hydrogen-bond donors (Lipinski definition) is 1. The molecule has 0 aliphatic carbocycles. The standard InChI is InChI=1S/C6H12N2/c1-5-4-8(3)6(2)7-5/h5H,4H2,1-3H3/p+1. The van der Waals surface area contributed by atoms with Crippen molar-refractivity contribution < 1.29 is 4.90 Å². The third kappa shape index (κ3) is 0.892. The number of nitrogens with zero attached hydrogens (tertiary/aromatic N) is 1.